The van der Waals surface area contributed by atoms with Gasteiger partial charge in [0.1, 0.15) is 31.3 Å². The summed E-state index contributed by atoms with van der Waals surface area (Å²) in [6, 6.07) is -0.522. The summed E-state index contributed by atoms with van der Waals surface area (Å²) in [5, 5.41) is 10.0. The van der Waals surface area contributed by atoms with E-state index in [1.807, 2.05) is 0 Å². The van der Waals surface area contributed by atoms with Gasteiger partial charge in [0.05, 0.1) is 6.61 Å². The van der Waals surface area contributed by atoms with Crippen molar-refractivity contribution in [3.05, 3.63) is 0 Å². The molecule has 76 valence electrons. The van der Waals surface area contributed by atoms with Gasteiger partial charge < -0.3 is 19.3 Å². The first kappa shape index (κ1) is 9.15. The minimum atomic E-state index is -0.716. The standard InChI is InChI=1S/C9H13BO4/c1-12-4-9-6(11)5(7(10)14-9)13-8(9)2-3-8/h5-7,11H,2-4H2,1H3/t5?,6?,7?,9-/m0/s1. The first-order valence-electron chi connectivity index (χ1n) is 4.93. The molecule has 1 spiro atoms. The fourth-order valence-electron chi connectivity index (χ4n) is 2.81. The third-order valence-corrected chi connectivity index (χ3v) is 3.65. The molecule has 0 amide bonds. The second-order valence-electron chi connectivity index (χ2n) is 4.43. The van der Waals surface area contributed by atoms with Crippen molar-refractivity contribution in [3.63, 3.8) is 0 Å². The van der Waals surface area contributed by atoms with Gasteiger partial charge in [-0.3, -0.25) is 0 Å². The average molecular weight is 196 g/mol. The van der Waals surface area contributed by atoms with Crippen LogP contribution in [0.15, 0.2) is 0 Å². The zero-order chi connectivity index (χ0) is 9.97. The molecule has 2 bridgehead atoms. The lowest BCUT2D eigenvalue weighted by Gasteiger charge is -2.36. The highest BCUT2D eigenvalue weighted by atomic mass is 16.7. The molecule has 1 saturated carbocycles. The van der Waals surface area contributed by atoms with E-state index in [2.05, 4.69) is 0 Å². The van der Waals surface area contributed by atoms with Crippen LogP contribution in [0.25, 0.3) is 0 Å². The van der Waals surface area contributed by atoms with Crippen LogP contribution in [0.2, 0.25) is 0 Å². The molecule has 1 aliphatic carbocycles. The van der Waals surface area contributed by atoms with Crippen molar-refractivity contribution in [1.29, 1.82) is 0 Å². The van der Waals surface area contributed by atoms with E-state index in [9.17, 15) is 5.11 Å². The Morgan fingerprint density at radius 2 is 2.21 bits per heavy atom. The molecule has 3 aliphatic rings. The normalized spacial score (nSPS) is 52.9. The largest absolute Gasteiger partial charge is 0.387 e. The number of hydrogen-bond donors (Lipinski definition) is 1. The Bertz CT molecular complexity index is 268. The van der Waals surface area contributed by atoms with Gasteiger partial charge in [0.2, 0.25) is 0 Å². The lowest BCUT2D eigenvalue weighted by molar-refractivity contribution is -0.196. The number of aliphatic hydroxyl groups is 1. The SMILES string of the molecule is [B]C1O[C@@]2(COC)C(O)C1OC21CC1. The summed E-state index contributed by atoms with van der Waals surface area (Å²) >= 11 is 0. The Labute approximate surface area is 83.9 Å². The zero-order valence-corrected chi connectivity index (χ0v) is 8.10. The van der Waals surface area contributed by atoms with Crippen molar-refractivity contribution in [2.45, 2.75) is 42.3 Å². The fraction of sp³-hybridized carbons (Fsp3) is 1.00. The number of fused-ring (bicyclic) bond motifs is 3. The number of ether oxygens (including phenoxy) is 3. The van der Waals surface area contributed by atoms with Crippen LogP contribution < -0.4 is 0 Å². The van der Waals surface area contributed by atoms with Gasteiger partial charge in [-0.25, -0.2) is 0 Å². The number of hydrogen-bond acceptors (Lipinski definition) is 4. The molecule has 5 heteroatoms. The molecule has 2 heterocycles. The Morgan fingerprint density at radius 3 is 2.71 bits per heavy atom. The third kappa shape index (κ3) is 0.806. The molecule has 2 aliphatic heterocycles. The molecule has 2 saturated heterocycles. The van der Waals surface area contributed by atoms with Crippen molar-refractivity contribution >= 4 is 7.85 Å². The van der Waals surface area contributed by atoms with Gasteiger partial charge in [-0.1, -0.05) is 0 Å². The van der Waals surface area contributed by atoms with Crippen LogP contribution in [-0.4, -0.2) is 56.1 Å². The summed E-state index contributed by atoms with van der Waals surface area (Å²) in [5.74, 6) is 0. The Morgan fingerprint density at radius 1 is 1.50 bits per heavy atom. The quantitative estimate of drug-likeness (QED) is 0.586. The first-order chi connectivity index (χ1) is 6.65. The summed E-state index contributed by atoms with van der Waals surface area (Å²) in [6.45, 7) is 0.346. The second kappa shape index (κ2) is 2.53. The predicted molar refractivity (Wildman–Crippen MR) is 48.1 cm³/mol. The number of rotatable bonds is 2. The van der Waals surface area contributed by atoms with E-state index in [0.29, 0.717) is 6.61 Å². The third-order valence-electron chi connectivity index (χ3n) is 3.65. The summed E-state index contributed by atoms with van der Waals surface area (Å²) in [6.07, 6.45) is 0.820. The minimum absolute atomic E-state index is 0.317. The summed E-state index contributed by atoms with van der Waals surface area (Å²) < 4.78 is 16.5. The molecule has 0 aromatic rings. The van der Waals surface area contributed by atoms with Crippen LogP contribution >= 0.6 is 0 Å². The van der Waals surface area contributed by atoms with Crippen LogP contribution in [0.1, 0.15) is 12.8 Å². The highest BCUT2D eigenvalue weighted by molar-refractivity contribution is 6.11. The maximum Gasteiger partial charge on any atom is 0.148 e. The monoisotopic (exact) mass is 196 g/mol. The van der Waals surface area contributed by atoms with Gasteiger partial charge in [-0.2, -0.15) is 0 Å². The van der Waals surface area contributed by atoms with Gasteiger partial charge in [0.25, 0.3) is 0 Å². The molecule has 3 unspecified atom stereocenters. The minimum Gasteiger partial charge on any atom is -0.387 e. The molecule has 4 nitrogen and oxygen atoms in total. The van der Waals surface area contributed by atoms with Crippen LogP contribution in [-0.2, 0) is 14.2 Å². The van der Waals surface area contributed by atoms with Gasteiger partial charge in [-0.15, -0.1) is 0 Å². The molecule has 0 aromatic heterocycles. The summed E-state index contributed by atoms with van der Waals surface area (Å²) in [5.41, 5.74) is -1.03. The lowest BCUT2D eigenvalue weighted by Crippen LogP contribution is -2.53. The second-order valence-corrected chi connectivity index (χ2v) is 4.43. The van der Waals surface area contributed by atoms with Gasteiger partial charge in [0, 0.05) is 13.1 Å². The van der Waals surface area contributed by atoms with Crippen molar-refractivity contribution in [2.24, 2.45) is 0 Å². The average Bonchev–Trinajstić information content (AvgIpc) is 2.83. The van der Waals surface area contributed by atoms with Gasteiger partial charge in [0.15, 0.2) is 0 Å². The van der Waals surface area contributed by atoms with Crippen LogP contribution in [0.3, 0.4) is 0 Å². The van der Waals surface area contributed by atoms with Crippen molar-refractivity contribution in [2.75, 3.05) is 13.7 Å². The van der Waals surface area contributed by atoms with Crippen LogP contribution in [0.5, 0.6) is 0 Å². The van der Waals surface area contributed by atoms with E-state index in [1.54, 1.807) is 7.11 Å². The predicted octanol–water partition coefficient (Wildman–Crippen LogP) is -0.811. The Kier molecular flexibility index (Phi) is 1.65. The first-order valence-corrected chi connectivity index (χ1v) is 4.93. The molecular weight excluding hydrogens is 183 g/mol. The Hall–Kier alpha value is -0.0951. The molecular formula is C9H13BO4. The van der Waals surface area contributed by atoms with E-state index < -0.39 is 17.7 Å². The number of aliphatic hydroxyl groups excluding tert-OH is 1. The van der Waals surface area contributed by atoms with Crippen LogP contribution in [0, 0.1) is 0 Å². The van der Waals surface area contributed by atoms with Crippen molar-refractivity contribution in [1.82, 2.24) is 0 Å². The maximum atomic E-state index is 10.0. The van der Waals surface area contributed by atoms with Crippen molar-refractivity contribution < 1.29 is 19.3 Å². The Balaban J connectivity index is 1.97. The van der Waals surface area contributed by atoms with Crippen LogP contribution in [0.4, 0.5) is 0 Å². The molecule has 3 rings (SSSR count). The van der Waals surface area contributed by atoms with E-state index in [-0.39, 0.29) is 11.7 Å². The molecule has 14 heavy (non-hydrogen) atoms. The van der Waals surface area contributed by atoms with Gasteiger partial charge in [-0.05, 0) is 12.8 Å². The van der Waals surface area contributed by atoms with E-state index in [0.717, 1.165) is 12.8 Å². The van der Waals surface area contributed by atoms with Crippen molar-refractivity contribution in [3.8, 4) is 0 Å². The zero-order valence-electron chi connectivity index (χ0n) is 8.10. The molecule has 2 radical (unpaired) electrons. The maximum absolute atomic E-state index is 10.0. The van der Waals surface area contributed by atoms with E-state index >= 15 is 0 Å². The molecule has 1 N–H and O–H groups in total. The molecule has 4 atom stereocenters. The van der Waals surface area contributed by atoms with Gasteiger partial charge >= 0.3 is 0 Å². The fourth-order valence-corrected chi connectivity index (χ4v) is 2.81. The topological polar surface area (TPSA) is 47.9 Å². The molecule has 3 fully saturated rings. The molecule has 0 aromatic carbocycles. The van der Waals surface area contributed by atoms with E-state index in [1.165, 1.54) is 0 Å². The lowest BCUT2D eigenvalue weighted by atomic mass is 9.89. The smallest absolute Gasteiger partial charge is 0.148 e. The number of methoxy groups -OCH3 is 1. The highest BCUT2D eigenvalue weighted by Crippen LogP contribution is 2.61. The van der Waals surface area contributed by atoms with E-state index in [4.69, 9.17) is 22.1 Å². The summed E-state index contributed by atoms with van der Waals surface area (Å²) in [4.78, 5) is 0. The summed E-state index contributed by atoms with van der Waals surface area (Å²) in [7, 11) is 7.31. The highest BCUT2D eigenvalue weighted by Gasteiger charge is 2.77.